The average molecular weight is 417 g/mol. The maximum Gasteiger partial charge on any atom is 0.251 e. The van der Waals surface area contributed by atoms with Crippen LogP contribution >= 0.6 is 0 Å². The quantitative estimate of drug-likeness (QED) is 0.786. The molecule has 0 atom stereocenters. The van der Waals surface area contributed by atoms with Gasteiger partial charge >= 0.3 is 0 Å². The summed E-state index contributed by atoms with van der Waals surface area (Å²) in [6.45, 7) is 7.06. The third-order valence-electron chi connectivity index (χ3n) is 4.98. The summed E-state index contributed by atoms with van der Waals surface area (Å²) >= 11 is 0. The van der Waals surface area contributed by atoms with Crippen LogP contribution in [0.3, 0.4) is 0 Å². The molecule has 1 aliphatic rings. The maximum absolute atomic E-state index is 13.0. The molecule has 156 valence electrons. The lowest BCUT2D eigenvalue weighted by Crippen LogP contribution is -2.45. The summed E-state index contributed by atoms with van der Waals surface area (Å²) < 4.78 is 32.8. The highest BCUT2D eigenvalue weighted by atomic mass is 32.2. The second kappa shape index (κ2) is 8.65. The number of amides is 1. The third-order valence-corrected chi connectivity index (χ3v) is 7.02. The second-order valence-electron chi connectivity index (χ2n) is 8.00. The molecule has 0 aliphatic carbocycles. The van der Waals surface area contributed by atoms with Gasteiger partial charge in [0.1, 0.15) is 0 Å². The van der Waals surface area contributed by atoms with Gasteiger partial charge < -0.3 is 10.1 Å². The summed E-state index contributed by atoms with van der Waals surface area (Å²) in [6, 6.07) is 14.8. The van der Waals surface area contributed by atoms with Crippen LogP contribution in [0.25, 0.3) is 0 Å². The molecular formula is C22H28N2O4S. The lowest BCUT2D eigenvalue weighted by atomic mass is 9.94. The first kappa shape index (κ1) is 21.5. The number of carbonyl (C=O) groups excluding carboxylic acids is 1. The van der Waals surface area contributed by atoms with Crippen molar-refractivity contribution in [2.75, 3.05) is 26.3 Å². The molecule has 7 heteroatoms. The van der Waals surface area contributed by atoms with Crippen molar-refractivity contribution >= 4 is 15.9 Å². The standard InChI is InChI=1S/C22H28N2O4S/c1-17-9-10-19(15-20(17)29(26,27)24-11-13-28-14-12-24)21(25)23-22(2,3)16-18-7-5-4-6-8-18/h4-10,15H,11-14,16H2,1-3H3,(H,23,25). The molecule has 0 saturated carbocycles. The molecule has 6 nitrogen and oxygen atoms in total. The first-order valence-electron chi connectivity index (χ1n) is 9.74. The van der Waals surface area contributed by atoms with Gasteiger partial charge in [-0.05, 0) is 50.5 Å². The van der Waals surface area contributed by atoms with Crippen LogP contribution in [0.5, 0.6) is 0 Å². The monoisotopic (exact) mass is 416 g/mol. The van der Waals surface area contributed by atoms with Gasteiger partial charge in [0, 0.05) is 24.2 Å². The normalized spacial score (nSPS) is 15.8. The number of rotatable bonds is 6. The lowest BCUT2D eigenvalue weighted by molar-refractivity contribution is 0.0730. The Balaban J connectivity index is 1.80. The maximum atomic E-state index is 13.0. The molecular weight excluding hydrogens is 388 g/mol. The van der Waals surface area contributed by atoms with Gasteiger partial charge in [-0.25, -0.2) is 8.42 Å². The fourth-order valence-electron chi connectivity index (χ4n) is 3.48. The van der Waals surface area contributed by atoms with E-state index in [1.807, 2.05) is 44.2 Å². The molecule has 1 heterocycles. The van der Waals surface area contributed by atoms with Crippen LogP contribution in [0, 0.1) is 6.92 Å². The highest BCUT2D eigenvalue weighted by molar-refractivity contribution is 7.89. The molecule has 0 bridgehead atoms. The lowest BCUT2D eigenvalue weighted by Gasteiger charge is -2.28. The van der Waals surface area contributed by atoms with Gasteiger partial charge in [0.25, 0.3) is 5.91 Å². The predicted octanol–water partition coefficient (Wildman–Crippen LogP) is 2.77. The summed E-state index contributed by atoms with van der Waals surface area (Å²) in [5.41, 5.74) is 1.60. The molecule has 29 heavy (non-hydrogen) atoms. The fraction of sp³-hybridized carbons (Fsp3) is 0.409. The number of carbonyl (C=O) groups is 1. The number of aryl methyl sites for hydroxylation is 1. The van der Waals surface area contributed by atoms with Gasteiger partial charge in [-0.2, -0.15) is 4.31 Å². The molecule has 1 fully saturated rings. The molecule has 3 rings (SSSR count). The number of hydrogen-bond donors (Lipinski definition) is 1. The van der Waals surface area contributed by atoms with Crippen LogP contribution in [-0.2, 0) is 21.2 Å². The number of ether oxygens (including phenoxy) is 1. The largest absolute Gasteiger partial charge is 0.379 e. The van der Waals surface area contributed by atoms with E-state index in [0.717, 1.165) is 5.56 Å². The Morgan fingerprint density at radius 2 is 1.76 bits per heavy atom. The smallest absolute Gasteiger partial charge is 0.251 e. The van der Waals surface area contributed by atoms with E-state index in [4.69, 9.17) is 4.74 Å². The minimum Gasteiger partial charge on any atom is -0.379 e. The number of benzene rings is 2. The molecule has 1 N–H and O–H groups in total. The summed E-state index contributed by atoms with van der Waals surface area (Å²) in [5, 5.41) is 3.03. The SMILES string of the molecule is Cc1ccc(C(=O)NC(C)(C)Cc2ccccc2)cc1S(=O)(=O)N1CCOCC1. The first-order chi connectivity index (χ1) is 13.7. The summed E-state index contributed by atoms with van der Waals surface area (Å²) in [5.74, 6) is -0.288. The Morgan fingerprint density at radius 1 is 1.10 bits per heavy atom. The summed E-state index contributed by atoms with van der Waals surface area (Å²) in [7, 11) is -3.67. The topological polar surface area (TPSA) is 75.7 Å². The number of sulfonamides is 1. The van der Waals surface area contributed by atoms with Crippen molar-refractivity contribution in [2.45, 2.75) is 37.6 Å². The van der Waals surface area contributed by atoms with Crippen molar-refractivity contribution in [2.24, 2.45) is 0 Å². The Hall–Kier alpha value is -2.22. The minimum atomic E-state index is -3.67. The van der Waals surface area contributed by atoms with E-state index in [9.17, 15) is 13.2 Å². The van der Waals surface area contributed by atoms with Crippen LogP contribution in [0.15, 0.2) is 53.4 Å². The first-order valence-corrected chi connectivity index (χ1v) is 11.2. The Labute approximate surface area is 172 Å². The van der Waals surface area contributed by atoms with E-state index in [-0.39, 0.29) is 10.8 Å². The van der Waals surface area contributed by atoms with E-state index in [2.05, 4.69) is 5.32 Å². The van der Waals surface area contributed by atoms with Gasteiger partial charge in [0.2, 0.25) is 10.0 Å². The van der Waals surface area contributed by atoms with Gasteiger partial charge in [0.05, 0.1) is 18.1 Å². The molecule has 0 radical (unpaired) electrons. The molecule has 2 aromatic carbocycles. The number of hydrogen-bond acceptors (Lipinski definition) is 4. The minimum absolute atomic E-state index is 0.174. The Bertz CT molecular complexity index is 966. The molecule has 0 aromatic heterocycles. The summed E-state index contributed by atoms with van der Waals surface area (Å²) in [4.78, 5) is 13.1. The van der Waals surface area contributed by atoms with E-state index in [0.29, 0.717) is 43.9 Å². The number of morpholine rings is 1. The average Bonchev–Trinajstić information content (AvgIpc) is 2.68. The van der Waals surface area contributed by atoms with Crippen LogP contribution in [0.4, 0.5) is 0 Å². The summed E-state index contributed by atoms with van der Waals surface area (Å²) in [6.07, 6.45) is 0.671. The van der Waals surface area contributed by atoms with Crippen molar-refractivity contribution in [1.82, 2.24) is 9.62 Å². The van der Waals surface area contributed by atoms with Crippen molar-refractivity contribution in [3.05, 3.63) is 65.2 Å². The van der Waals surface area contributed by atoms with Gasteiger partial charge in [-0.1, -0.05) is 36.4 Å². The highest BCUT2D eigenvalue weighted by Crippen LogP contribution is 2.23. The third kappa shape index (κ3) is 5.23. The Morgan fingerprint density at radius 3 is 2.41 bits per heavy atom. The van der Waals surface area contributed by atoms with Gasteiger partial charge in [-0.15, -0.1) is 0 Å². The predicted molar refractivity (Wildman–Crippen MR) is 112 cm³/mol. The van der Waals surface area contributed by atoms with Crippen LogP contribution in [-0.4, -0.2) is 50.5 Å². The van der Waals surface area contributed by atoms with Crippen molar-refractivity contribution in [3.8, 4) is 0 Å². The van der Waals surface area contributed by atoms with Crippen LogP contribution < -0.4 is 5.32 Å². The zero-order valence-electron chi connectivity index (χ0n) is 17.1. The van der Waals surface area contributed by atoms with Crippen LogP contribution in [0.2, 0.25) is 0 Å². The molecule has 1 saturated heterocycles. The van der Waals surface area contributed by atoms with E-state index < -0.39 is 15.6 Å². The Kier molecular flexibility index (Phi) is 6.41. The zero-order chi connectivity index (χ0) is 21.1. The highest BCUT2D eigenvalue weighted by Gasteiger charge is 2.29. The van der Waals surface area contributed by atoms with Crippen molar-refractivity contribution in [3.63, 3.8) is 0 Å². The van der Waals surface area contributed by atoms with E-state index >= 15 is 0 Å². The number of nitrogens with one attached hydrogen (secondary N) is 1. The van der Waals surface area contributed by atoms with Gasteiger partial charge in [0.15, 0.2) is 0 Å². The van der Waals surface area contributed by atoms with Crippen LogP contribution in [0.1, 0.15) is 35.3 Å². The van der Waals surface area contributed by atoms with E-state index in [1.54, 1.807) is 19.1 Å². The molecule has 1 aliphatic heterocycles. The van der Waals surface area contributed by atoms with Crippen molar-refractivity contribution < 1.29 is 17.9 Å². The zero-order valence-corrected chi connectivity index (χ0v) is 18.0. The molecule has 1 amide bonds. The van der Waals surface area contributed by atoms with E-state index in [1.165, 1.54) is 10.4 Å². The molecule has 2 aromatic rings. The molecule has 0 unspecified atom stereocenters. The fourth-order valence-corrected chi connectivity index (χ4v) is 5.13. The number of nitrogens with zero attached hydrogens (tertiary/aromatic N) is 1. The molecule has 0 spiro atoms. The van der Waals surface area contributed by atoms with Crippen molar-refractivity contribution in [1.29, 1.82) is 0 Å². The van der Waals surface area contributed by atoms with Gasteiger partial charge in [-0.3, -0.25) is 4.79 Å². The second-order valence-corrected chi connectivity index (χ2v) is 9.90.